The normalized spacial score (nSPS) is 13.2. The van der Waals surface area contributed by atoms with Crippen molar-refractivity contribution in [2.75, 3.05) is 61.0 Å². The number of benzene rings is 1. The summed E-state index contributed by atoms with van der Waals surface area (Å²) in [5, 5.41) is 3.64. The molecule has 0 aliphatic carbocycles. The first-order valence-corrected chi connectivity index (χ1v) is 20.1. The number of likely N-dealkylation sites (N-methyl/N-ethyl adjacent to an activating group) is 1. The van der Waals surface area contributed by atoms with Gasteiger partial charge in [-0.3, -0.25) is 19.4 Å². The molecule has 0 saturated carbocycles. The summed E-state index contributed by atoms with van der Waals surface area (Å²) in [5.41, 5.74) is 14.8. The summed E-state index contributed by atoms with van der Waals surface area (Å²) in [7, 11) is 6.90. The summed E-state index contributed by atoms with van der Waals surface area (Å²) in [6.45, 7) is 32.3. The van der Waals surface area contributed by atoms with Crippen LogP contribution in [0.5, 0.6) is 0 Å². The summed E-state index contributed by atoms with van der Waals surface area (Å²) in [6, 6.07) is 9.33. The molecule has 1 heterocycles. The molecule has 0 bridgehead atoms. The molecule has 57 heavy (non-hydrogen) atoms. The lowest BCUT2D eigenvalue weighted by molar-refractivity contribution is -0.137. The number of carbonyl (C=O) groups is 2. The summed E-state index contributed by atoms with van der Waals surface area (Å²) < 4.78 is 17.9. The minimum absolute atomic E-state index is 0.0610. The molecule has 1 atom stereocenters. The first-order chi connectivity index (χ1) is 27.3. The van der Waals surface area contributed by atoms with Gasteiger partial charge in [-0.25, -0.2) is 0 Å². The van der Waals surface area contributed by atoms with Crippen LogP contribution in [0.3, 0.4) is 0 Å². The van der Waals surface area contributed by atoms with Gasteiger partial charge in [-0.2, -0.15) is 5.12 Å². The minimum Gasteiger partial charge on any atom is -0.388 e. The van der Waals surface area contributed by atoms with Crippen molar-refractivity contribution in [1.29, 1.82) is 0 Å². The number of methoxy groups -OCH3 is 1. The third kappa shape index (κ3) is 36.1. The Hall–Kier alpha value is -4.00. The van der Waals surface area contributed by atoms with Gasteiger partial charge < -0.3 is 26.5 Å². The first-order valence-electron chi connectivity index (χ1n) is 20.1. The molecule has 0 spiro atoms. The fourth-order valence-electron chi connectivity index (χ4n) is 5.05. The van der Waals surface area contributed by atoms with Gasteiger partial charge in [-0.1, -0.05) is 119 Å². The molecule has 0 aromatic heterocycles. The highest BCUT2D eigenvalue weighted by molar-refractivity contribution is 5.72. The predicted molar refractivity (Wildman–Crippen MR) is 248 cm³/mol. The molecule has 2 rings (SSSR count). The van der Waals surface area contributed by atoms with Crippen LogP contribution in [0.2, 0.25) is 0 Å². The van der Waals surface area contributed by atoms with Gasteiger partial charge >= 0.3 is 0 Å². The first kappa shape index (κ1) is 62.2. The second-order valence-electron chi connectivity index (χ2n) is 12.1. The number of hydrogen-bond donors (Lipinski definition) is 3. The predicted octanol–water partition coefficient (Wildman–Crippen LogP) is 9.15. The van der Waals surface area contributed by atoms with E-state index >= 15 is 0 Å². The molecule has 1 aliphatic rings. The van der Waals surface area contributed by atoms with E-state index in [2.05, 4.69) is 99.9 Å². The lowest BCUT2D eigenvalue weighted by Gasteiger charge is -2.33. The second-order valence-corrected chi connectivity index (χ2v) is 12.1. The number of allylic oxidation sites excluding steroid dienone is 6. The minimum atomic E-state index is -0.646. The Kier molecular flexibility index (Phi) is 50.6. The molecule has 2 amide bonds. The molecule has 1 aromatic carbocycles. The van der Waals surface area contributed by atoms with E-state index in [9.17, 15) is 14.1 Å². The Morgan fingerprint density at radius 2 is 1.58 bits per heavy atom. The Morgan fingerprint density at radius 3 is 1.95 bits per heavy atom. The van der Waals surface area contributed by atoms with Crippen LogP contribution in [0.15, 0.2) is 102 Å². The number of amides is 2. The maximum atomic E-state index is 13.7. The number of carbonyl (C=O) groups excluding carboxylic acids is 2. The molecule has 10 nitrogen and oxygen atoms in total. The number of nitrogens with one attached hydrogen (secondary N) is 1. The molecular weight excluding hydrogens is 718 g/mol. The molecule has 1 aliphatic heterocycles. The zero-order valence-corrected chi connectivity index (χ0v) is 38.3. The quantitative estimate of drug-likeness (QED) is 0.0658. The largest absolute Gasteiger partial charge is 0.388 e. The fourth-order valence-corrected chi connectivity index (χ4v) is 5.05. The van der Waals surface area contributed by atoms with E-state index in [1.165, 1.54) is 32.0 Å². The molecule has 1 saturated heterocycles. The number of rotatable bonds is 16. The number of primary amides is 1. The van der Waals surface area contributed by atoms with Crippen molar-refractivity contribution < 1.29 is 18.8 Å². The lowest BCUT2D eigenvalue weighted by atomic mass is 9.90. The Bertz CT molecular complexity index is 1230. The number of nitrogens with zero attached hydrogens (tertiary/aromatic N) is 4. The third-order valence-corrected chi connectivity index (χ3v) is 7.39. The van der Waals surface area contributed by atoms with Gasteiger partial charge in [0, 0.05) is 73.5 Å². The zero-order chi connectivity index (χ0) is 45.0. The molecule has 1 fully saturated rings. The fraction of sp³-hybridized carbons (Fsp3) is 0.543. The topological polar surface area (TPSA) is 130 Å². The van der Waals surface area contributed by atoms with Crippen LogP contribution in [0.1, 0.15) is 105 Å². The molecule has 0 radical (unpaired) electrons. The van der Waals surface area contributed by atoms with Crippen molar-refractivity contribution in [2.24, 2.45) is 16.5 Å². The third-order valence-electron chi connectivity index (χ3n) is 7.39. The number of halogens is 1. The lowest BCUT2D eigenvalue weighted by Crippen LogP contribution is -2.43. The molecule has 11 heteroatoms. The summed E-state index contributed by atoms with van der Waals surface area (Å²) in [6.07, 6.45) is 19.4. The van der Waals surface area contributed by atoms with Gasteiger partial charge in [0.1, 0.15) is 0 Å². The van der Waals surface area contributed by atoms with E-state index in [0.717, 1.165) is 62.2 Å². The average Bonchev–Trinajstić information content (AvgIpc) is 3.20. The number of unbranched alkanes of at least 4 members (excludes halogenated alkanes) is 1. The van der Waals surface area contributed by atoms with Gasteiger partial charge in [0.05, 0.1) is 6.04 Å². The van der Waals surface area contributed by atoms with Gasteiger partial charge in [0.25, 0.3) is 5.91 Å². The van der Waals surface area contributed by atoms with Crippen LogP contribution >= 0.6 is 0 Å². The summed E-state index contributed by atoms with van der Waals surface area (Å²) >= 11 is 0. The number of nitrogens with two attached hydrogens (primary N) is 2. The van der Waals surface area contributed by atoms with Crippen LogP contribution < -0.4 is 16.8 Å². The maximum absolute atomic E-state index is 13.7. The monoisotopic (exact) mass is 802 g/mol. The van der Waals surface area contributed by atoms with Crippen LogP contribution in [-0.2, 0) is 20.9 Å². The van der Waals surface area contributed by atoms with E-state index in [4.69, 9.17) is 5.73 Å². The number of aliphatic imine (C=N–C) groups is 1. The SMILES string of the molecule is C=CCCC.C=C\C=C/C(=C\C)C(=C/C)/C(c1ccc(CN2CCC(NCCN)CC2)cc1)N(C)C/C=C/N(F)C(C)=O.C=NC.CC.CC.CC(N)=O.COC. The molecule has 1 unspecified atom stereocenters. The standard InChI is InChI=1S/C31H46FN5O.C5H10.C2H5NO.C2H5N.C2H6O.2C2H6/c1-6-9-11-27(7-2)30(8-3)31(35(5)20-10-21-37(32)25(4)38)28-14-12-26(13-15-28)24-36-22-16-29(17-23-36)34-19-18-33;1-3-5-4-2;1-2(3)4;2*1-3-2;2*1-2/h6-15,21,29,31,34H,1,16-20,22-24,33H2,2-5H3;3H,1,4-5H2,2H3;1H3,(H2,3,4);1H2,2H3;1-2H3;2*1-2H3/b11-9-,21-10+,27-7+,30-8-;;;;;;. The maximum Gasteiger partial charge on any atom is 0.251 e. The van der Waals surface area contributed by atoms with E-state index in [1.54, 1.807) is 33.4 Å². The highest BCUT2D eigenvalue weighted by atomic mass is 19.2. The highest BCUT2D eigenvalue weighted by Gasteiger charge is 2.23. The van der Waals surface area contributed by atoms with Crippen molar-refractivity contribution >= 4 is 18.5 Å². The van der Waals surface area contributed by atoms with Crippen molar-refractivity contribution in [3.05, 3.63) is 108 Å². The average molecular weight is 802 g/mol. The van der Waals surface area contributed by atoms with Crippen LogP contribution in [0.4, 0.5) is 4.48 Å². The van der Waals surface area contributed by atoms with Crippen molar-refractivity contribution in [3.63, 3.8) is 0 Å². The number of piperidine rings is 1. The molecule has 5 N–H and O–H groups in total. The van der Waals surface area contributed by atoms with Gasteiger partial charge in [0.2, 0.25) is 5.91 Å². The second kappa shape index (κ2) is 46.4. The van der Waals surface area contributed by atoms with E-state index in [1.807, 2.05) is 60.7 Å². The highest BCUT2D eigenvalue weighted by Crippen LogP contribution is 2.33. The Balaban J connectivity index is -0.000000398. The smallest absolute Gasteiger partial charge is 0.251 e. The van der Waals surface area contributed by atoms with Crippen molar-refractivity contribution in [2.45, 2.75) is 107 Å². The number of likely N-dealkylation sites (tertiary alicyclic amines) is 1. The van der Waals surface area contributed by atoms with E-state index in [-0.39, 0.29) is 17.1 Å². The van der Waals surface area contributed by atoms with Gasteiger partial charge in [-0.15, -0.1) is 6.58 Å². The van der Waals surface area contributed by atoms with Crippen LogP contribution in [-0.4, -0.2) is 101 Å². The number of ether oxygens (including phenoxy) is 1. The zero-order valence-electron chi connectivity index (χ0n) is 38.3. The van der Waals surface area contributed by atoms with E-state index in [0.29, 0.717) is 19.1 Å². The van der Waals surface area contributed by atoms with Gasteiger partial charge in [-0.05, 0) is 82.2 Å². The summed E-state index contributed by atoms with van der Waals surface area (Å²) in [5.74, 6) is -0.980. The van der Waals surface area contributed by atoms with Crippen molar-refractivity contribution in [3.8, 4) is 0 Å². The van der Waals surface area contributed by atoms with Gasteiger partial charge in [0.15, 0.2) is 0 Å². The molecular formula is C46H84FN7O3. The van der Waals surface area contributed by atoms with Crippen LogP contribution in [0.25, 0.3) is 0 Å². The Morgan fingerprint density at radius 1 is 1.07 bits per heavy atom. The Labute approximate surface area is 349 Å². The molecule has 1 aromatic rings. The number of hydrogen-bond acceptors (Lipinski definition) is 8. The van der Waals surface area contributed by atoms with Crippen molar-refractivity contribution in [1.82, 2.24) is 20.2 Å². The molecule has 328 valence electrons. The summed E-state index contributed by atoms with van der Waals surface area (Å²) in [4.78, 5) is 28.4. The van der Waals surface area contributed by atoms with Crippen LogP contribution in [0, 0.1) is 0 Å². The van der Waals surface area contributed by atoms with E-state index < -0.39 is 5.91 Å².